The Kier molecular flexibility index (Phi) is 4.78. The molecule has 2 rings (SSSR count). The number of ether oxygens (including phenoxy) is 1. The number of benzene rings is 2. The first kappa shape index (κ1) is 16.8. The van der Waals surface area contributed by atoms with Crippen LogP contribution in [0.3, 0.4) is 0 Å². The zero-order valence-corrected chi connectivity index (χ0v) is 14.2. The summed E-state index contributed by atoms with van der Waals surface area (Å²) in [7, 11) is 0. The van der Waals surface area contributed by atoms with E-state index in [0.717, 1.165) is 16.5 Å². The van der Waals surface area contributed by atoms with Crippen molar-refractivity contribution in [2.24, 2.45) is 0 Å². The van der Waals surface area contributed by atoms with Crippen LogP contribution in [0, 0.1) is 0 Å². The van der Waals surface area contributed by atoms with Crippen molar-refractivity contribution in [2.45, 2.75) is 51.9 Å². The second-order valence-corrected chi connectivity index (χ2v) is 7.33. The smallest absolute Gasteiger partial charge is 0.130 e. The average Bonchev–Trinajstić information content (AvgIpc) is 2.44. The minimum Gasteiger partial charge on any atom is -0.484 e. The van der Waals surface area contributed by atoms with Gasteiger partial charge in [-0.05, 0) is 46.1 Å². The molecule has 0 aliphatic heterocycles. The third-order valence-electron chi connectivity index (χ3n) is 3.75. The third-order valence-corrected chi connectivity index (χ3v) is 3.75. The molecule has 2 aromatic carbocycles. The molecule has 0 radical (unpaired) electrons. The van der Waals surface area contributed by atoms with Crippen LogP contribution in [0.25, 0.3) is 10.8 Å². The second kappa shape index (κ2) is 6.27. The first-order valence-corrected chi connectivity index (χ1v) is 7.79. The molecule has 1 atom stereocenters. The molecule has 3 heteroatoms. The monoisotopic (exact) mass is 301 g/mol. The summed E-state index contributed by atoms with van der Waals surface area (Å²) in [4.78, 5) is 0. The number of rotatable bonds is 5. The quantitative estimate of drug-likeness (QED) is 0.884. The Labute approximate surface area is 133 Å². The highest BCUT2D eigenvalue weighted by Gasteiger charge is 2.31. The maximum Gasteiger partial charge on any atom is 0.130 e. The van der Waals surface area contributed by atoms with Gasteiger partial charge in [-0.3, -0.25) is 0 Å². The fourth-order valence-corrected chi connectivity index (χ4v) is 2.28. The number of hydrogen-bond donors (Lipinski definition) is 2. The molecule has 120 valence electrons. The van der Waals surface area contributed by atoms with E-state index in [0.29, 0.717) is 6.54 Å². The maximum absolute atomic E-state index is 10.5. The van der Waals surface area contributed by atoms with Crippen LogP contribution in [0.5, 0.6) is 5.75 Å². The van der Waals surface area contributed by atoms with Crippen LogP contribution in [0.4, 0.5) is 0 Å². The van der Waals surface area contributed by atoms with Gasteiger partial charge >= 0.3 is 0 Å². The molecular weight excluding hydrogens is 274 g/mol. The molecule has 0 fully saturated rings. The van der Waals surface area contributed by atoms with Gasteiger partial charge in [-0.25, -0.2) is 0 Å². The molecule has 0 aromatic heterocycles. The Bertz CT molecular complexity index is 623. The molecule has 0 spiro atoms. The Morgan fingerprint density at radius 3 is 2.32 bits per heavy atom. The summed E-state index contributed by atoms with van der Waals surface area (Å²) in [6, 6.07) is 14.1. The minimum atomic E-state index is -0.678. The predicted octanol–water partition coefficient (Wildman–Crippen LogP) is 3.75. The Morgan fingerprint density at radius 1 is 1.00 bits per heavy atom. The summed E-state index contributed by atoms with van der Waals surface area (Å²) in [5.74, 6) is 0.804. The summed E-state index contributed by atoms with van der Waals surface area (Å²) in [5, 5.41) is 16.0. The summed E-state index contributed by atoms with van der Waals surface area (Å²) in [6.07, 6.45) is -0.606. The van der Waals surface area contributed by atoms with E-state index < -0.39 is 11.7 Å². The van der Waals surface area contributed by atoms with E-state index in [9.17, 15) is 5.11 Å². The van der Waals surface area contributed by atoms with Gasteiger partial charge in [-0.1, -0.05) is 36.4 Å². The summed E-state index contributed by atoms with van der Waals surface area (Å²) >= 11 is 0. The van der Waals surface area contributed by atoms with Crippen molar-refractivity contribution in [1.29, 1.82) is 0 Å². The lowest BCUT2D eigenvalue weighted by atomic mass is 9.99. The van der Waals surface area contributed by atoms with Crippen molar-refractivity contribution in [3.63, 3.8) is 0 Å². The molecule has 1 unspecified atom stereocenters. The second-order valence-electron chi connectivity index (χ2n) is 7.33. The number of fused-ring (bicyclic) bond motifs is 1. The number of nitrogens with one attached hydrogen (secondary N) is 1. The fraction of sp³-hybridized carbons (Fsp3) is 0.474. The SMILES string of the molecule is CC(C)(C)NCC(O)C(C)(C)Oc1cccc2ccccc12. The molecule has 2 aromatic rings. The van der Waals surface area contributed by atoms with Gasteiger partial charge in [-0.15, -0.1) is 0 Å². The van der Waals surface area contributed by atoms with E-state index in [4.69, 9.17) is 4.74 Å². The molecule has 0 heterocycles. The van der Waals surface area contributed by atoms with Crippen molar-refractivity contribution in [2.75, 3.05) is 6.54 Å². The Hall–Kier alpha value is -1.58. The van der Waals surface area contributed by atoms with Crippen LogP contribution in [-0.2, 0) is 0 Å². The molecule has 0 aliphatic carbocycles. The first-order valence-electron chi connectivity index (χ1n) is 7.79. The fourth-order valence-electron chi connectivity index (χ4n) is 2.28. The normalized spacial score (nSPS) is 14.1. The molecule has 0 aliphatic rings. The summed E-state index contributed by atoms with van der Waals surface area (Å²) < 4.78 is 6.15. The van der Waals surface area contributed by atoms with Crippen molar-refractivity contribution in [1.82, 2.24) is 5.32 Å². The van der Waals surface area contributed by atoms with Crippen LogP contribution in [-0.4, -0.2) is 28.9 Å². The Morgan fingerprint density at radius 2 is 1.64 bits per heavy atom. The van der Waals surface area contributed by atoms with E-state index >= 15 is 0 Å². The van der Waals surface area contributed by atoms with Crippen LogP contribution >= 0.6 is 0 Å². The molecule has 3 nitrogen and oxygen atoms in total. The topological polar surface area (TPSA) is 41.5 Å². The number of aliphatic hydroxyl groups is 1. The van der Waals surface area contributed by atoms with Gasteiger partial charge in [0.2, 0.25) is 0 Å². The molecule has 0 amide bonds. The number of hydrogen-bond acceptors (Lipinski definition) is 3. The summed E-state index contributed by atoms with van der Waals surface area (Å²) in [6.45, 7) is 10.6. The molecule has 0 saturated carbocycles. The Balaban J connectivity index is 2.16. The van der Waals surface area contributed by atoms with Crippen LogP contribution in [0.2, 0.25) is 0 Å². The highest BCUT2D eigenvalue weighted by atomic mass is 16.5. The lowest BCUT2D eigenvalue weighted by molar-refractivity contribution is -0.0285. The average molecular weight is 301 g/mol. The molecule has 0 bridgehead atoms. The lowest BCUT2D eigenvalue weighted by Crippen LogP contribution is -2.51. The van der Waals surface area contributed by atoms with E-state index in [-0.39, 0.29) is 5.54 Å². The molecule has 2 N–H and O–H groups in total. The highest BCUT2D eigenvalue weighted by molar-refractivity contribution is 5.88. The summed E-state index contributed by atoms with van der Waals surface area (Å²) in [5.41, 5.74) is -0.709. The van der Waals surface area contributed by atoms with Gasteiger partial charge in [-0.2, -0.15) is 0 Å². The number of aliphatic hydroxyl groups excluding tert-OH is 1. The van der Waals surface area contributed by atoms with E-state index in [1.54, 1.807) is 0 Å². The van der Waals surface area contributed by atoms with Gasteiger partial charge in [0.1, 0.15) is 17.5 Å². The number of β-amino-alcohol motifs (C(OH)–C–C–N with tert-alkyl or cyclic N) is 1. The molecular formula is C19H27NO2. The van der Waals surface area contributed by atoms with Crippen molar-refractivity contribution >= 4 is 10.8 Å². The van der Waals surface area contributed by atoms with Crippen LogP contribution in [0.15, 0.2) is 42.5 Å². The van der Waals surface area contributed by atoms with Gasteiger partial charge in [0.05, 0.1) is 0 Å². The van der Waals surface area contributed by atoms with E-state index in [2.05, 4.69) is 38.2 Å². The van der Waals surface area contributed by atoms with E-state index in [1.807, 2.05) is 44.2 Å². The predicted molar refractivity (Wildman–Crippen MR) is 92.4 cm³/mol. The lowest BCUT2D eigenvalue weighted by Gasteiger charge is -2.34. The van der Waals surface area contributed by atoms with Crippen molar-refractivity contribution < 1.29 is 9.84 Å². The largest absolute Gasteiger partial charge is 0.484 e. The molecule has 0 saturated heterocycles. The highest BCUT2D eigenvalue weighted by Crippen LogP contribution is 2.29. The van der Waals surface area contributed by atoms with Crippen LogP contribution < -0.4 is 10.1 Å². The minimum absolute atomic E-state index is 0.0312. The van der Waals surface area contributed by atoms with Gasteiger partial charge in [0.15, 0.2) is 0 Å². The zero-order valence-electron chi connectivity index (χ0n) is 14.2. The van der Waals surface area contributed by atoms with Gasteiger partial charge in [0, 0.05) is 17.5 Å². The standard InChI is InChI=1S/C19H27NO2/c1-18(2,3)20-13-17(21)19(4,5)22-16-12-8-10-14-9-6-7-11-15(14)16/h6-12,17,20-21H,13H2,1-5H3. The zero-order chi connectivity index (χ0) is 16.4. The van der Waals surface area contributed by atoms with E-state index in [1.165, 1.54) is 0 Å². The van der Waals surface area contributed by atoms with Crippen molar-refractivity contribution in [3.05, 3.63) is 42.5 Å². The first-order chi connectivity index (χ1) is 10.2. The maximum atomic E-state index is 10.5. The van der Waals surface area contributed by atoms with Gasteiger partial charge < -0.3 is 15.2 Å². The third kappa shape index (κ3) is 4.21. The molecule has 22 heavy (non-hydrogen) atoms. The van der Waals surface area contributed by atoms with Crippen LogP contribution in [0.1, 0.15) is 34.6 Å². The van der Waals surface area contributed by atoms with Gasteiger partial charge in [0.25, 0.3) is 0 Å². The van der Waals surface area contributed by atoms with Crippen molar-refractivity contribution in [3.8, 4) is 5.75 Å².